The number of nitrogens with zero attached hydrogens (tertiary/aromatic N) is 3. The van der Waals surface area contributed by atoms with Crippen LogP contribution in [-0.2, 0) is 19.9 Å². The van der Waals surface area contributed by atoms with Crippen molar-refractivity contribution in [1.29, 1.82) is 0 Å². The quantitative estimate of drug-likeness (QED) is 0.868. The van der Waals surface area contributed by atoms with Gasteiger partial charge in [-0.2, -0.15) is 5.10 Å². The molecule has 2 rings (SSSR count). The molecule has 4 nitrogen and oxygen atoms in total. The van der Waals surface area contributed by atoms with Crippen LogP contribution in [0.25, 0.3) is 0 Å². The van der Waals surface area contributed by atoms with Crippen LogP contribution in [0.3, 0.4) is 0 Å². The number of hydrogen-bond acceptors (Lipinski definition) is 3. The Kier molecular flexibility index (Phi) is 4.75. The molecule has 1 aliphatic rings. The van der Waals surface area contributed by atoms with Crippen LogP contribution in [0.4, 0.5) is 0 Å². The van der Waals surface area contributed by atoms with Crippen LogP contribution >= 0.6 is 0 Å². The van der Waals surface area contributed by atoms with E-state index in [1.165, 1.54) is 25.9 Å². The number of hydrogen-bond donors (Lipinski definition) is 1. The molecule has 1 aromatic heterocycles. The van der Waals surface area contributed by atoms with E-state index in [1.54, 1.807) is 0 Å². The van der Waals surface area contributed by atoms with Crippen molar-refractivity contribution >= 4 is 0 Å². The van der Waals surface area contributed by atoms with E-state index >= 15 is 0 Å². The number of piperidine rings is 1. The first-order valence-corrected chi connectivity index (χ1v) is 7.30. The van der Waals surface area contributed by atoms with Gasteiger partial charge in [-0.25, -0.2) is 4.98 Å². The molecule has 0 radical (unpaired) electrons. The maximum absolute atomic E-state index is 4.67. The summed E-state index contributed by atoms with van der Waals surface area (Å²) in [5, 5.41) is 7.99. The Morgan fingerprint density at radius 2 is 2.33 bits per heavy atom. The Balaban J connectivity index is 1.95. The van der Waals surface area contributed by atoms with Crippen LogP contribution in [0.5, 0.6) is 0 Å². The number of aromatic nitrogens is 3. The van der Waals surface area contributed by atoms with Gasteiger partial charge in [0.15, 0.2) is 5.82 Å². The maximum Gasteiger partial charge on any atom is 0.150 e. The van der Waals surface area contributed by atoms with E-state index in [2.05, 4.69) is 29.2 Å². The standard InChI is InChI=1S/C14H26N4/c1-4-6-13-16-14(18(3)17-13)9-11(2)12-7-5-8-15-10-12/h11-12,15H,4-10H2,1-3H3. The van der Waals surface area contributed by atoms with Gasteiger partial charge in [-0.3, -0.25) is 4.68 Å². The molecule has 2 unspecified atom stereocenters. The Labute approximate surface area is 110 Å². The third-order valence-corrected chi connectivity index (χ3v) is 4.01. The van der Waals surface area contributed by atoms with Crippen LogP contribution < -0.4 is 5.32 Å². The second-order valence-electron chi connectivity index (χ2n) is 5.61. The van der Waals surface area contributed by atoms with Gasteiger partial charge in [-0.15, -0.1) is 0 Å². The van der Waals surface area contributed by atoms with Crippen LogP contribution in [0.15, 0.2) is 0 Å². The Hall–Kier alpha value is -0.900. The Morgan fingerprint density at radius 3 is 3.00 bits per heavy atom. The molecule has 1 N–H and O–H groups in total. The summed E-state index contributed by atoms with van der Waals surface area (Å²) in [6.07, 6.45) is 5.83. The van der Waals surface area contributed by atoms with Gasteiger partial charge in [-0.1, -0.05) is 13.8 Å². The normalized spacial score (nSPS) is 22.1. The molecule has 1 aromatic rings. The Morgan fingerprint density at radius 1 is 1.50 bits per heavy atom. The van der Waals surface area contributed by atoms with Crippen molar-refractivity contribution in [3.05, 3.63) is 11.6 Å². The van der Waals surface area contributed by atoms with Crippen molar-refractivity contribution in [2.75, 3.05) is 13.1 Å². The topological polar surface area (TPSA) is 42.7 Å². The highest BCUT2D eigenvalue weighted by Crippen LogP contribution is 2.22. The van der Waals surface area contributed by atoms with E-state index < -0.39 is 0 Å². The van der Waals surface area contributed by atoms with E-state index in [-0.39, 0.29) is 0 Å². The molecule has 4 heteroatoms. The second kappa shape index (κ2) is 6.32. The third kappa shape index (κ3) is 3.31. The molecule has 0 amide bonds. The van der Waals surface area contributed by atoms with Crippen molar-refractivity contribution in [2.45, 2.75) is 46.0 Å². The summed E-state index contributed by atoms with van der Waals surface area (Å²) in [5.74, 6) is 3.64. The lowest BCUT2D eigenvalue weighted by molar-refractivity contribution is 0.274. The van der Waals surface area contributed by atoms with Crippen LogP contribution in [0, 0.1) is 11.8 Å². The summed E-state index contributed by atoms with van der Waals surface area (Å²) in [6, 6.07) is 0. The van der Waals surface area contributed by atoms with Crippen molar-refractivity contribution < 1.29 is 0 Å². The number of aryl methyl sites for hydroxylation is 2. The van der Waals surface area contributed by atoms with E-state index in [9.17, 15) is 0 Å². The lowest BCUT2D eigenvalue weighted by atomic mass is 9.85. The van der Waals surface area contributed by atoms with Gasteiger partial charge in [0, 0.05) is 19.9 Å². The molecule has 2 heterocycles. The molecule has 1 aliphatic heterocycles. The predicted octanol–water partition coefficient (Wildman–Crippen LogP) is 1.95. The minimum atomic E-state index is 0.690. The smallest absolute Gasteiger partial charge is 0.150 e. The highest BCUT2D eigenvalue weighted by molar-refractivity contribution is 4.95. The van der Waals surface area contributed by atoms with E-state index in [0.717, 1.165) is 36.8 Å². The van der Waals surface area contributed by atoms with Gasteiger partial charge < -0.3 is 5.32 Å². The van der Waals surface area contributed by atoms with E-state index in [0.29, 0.717) is 5.92 Å². The summed E-state index contributed by atoms with van der Waals surface area (Å²) in [6.45, 7) is 6.88. The summed E-state index contributed by atoms with van der Waals surface area (Å²) >= 11 is 0. The summed E-state index contributed by atoms with van der Waals surface area (Å²) < 4.78 is 1.97. The van der Waals surface area contributed by atoms with Crippen LogP contribution in [0.2, 0.25) is 0 Å². The molecule has 0 bridgehead atoms. The van der Waals surface area contributed by atoms with Crippen molar-refractivity contribution in [1.82, 2.24) is 20.1 Å². The molecule has 2 atom stereocenters. The second-order valence-corrected chi connectivity index (χ2v) is 5.61. The van der Waals surface area contributed by atoms with E-state index in [1.807, 2.05) is 11.7 Å². The number of nitrogens with one attached hydrogen (secondary N) is 1. The SMILES string of the molecule is CCCc1nc(CC(C)C2CCCNC2)n(C)n1. The van der Waals surface area contributed by atoms with E-state index in [4.69, 9.17) is 0 Å². The van der Waals surface area contributed by atoms with Crippen molar-refractivity contribution in [3.63, 3.8) is 0 Å². The average molecular weight is 250 g/mol. The summed E-state index contributed by atoms with van der Waals surface area (Å²) in [4.78, 5) is 4.67. The lowest BCUT2D eigenvalue weighted by Crippen LogP contribution is -2.34. The summed E-state index contributed by atoms with van der Waals surface area (Å²) in [5.41, 5.74) is 0. The van der Waals surface area contributed by atoms with Gasteiger partial charge in [0.25, 0.3) is 0 Å². The molecule has 0 aliphatic carbocycles. The third-order valence-electron chi connectivity index (χ3n) is 4.01. The average Bonchev–Trinajstić information content (AvgIpc) is 2.71. The first-order chi connectivity index (χ1) is 8.70. The van der Waals surface area contributed by atoms with Gasteiger partial charge in [0.2, 0.25) is 0 Å². The van der Waals surface area contributed by atoms with Crippen LogP contribution in [-0.4, -0.2) is 27.9 Å². The van der Waals surface area contributed by atoms with Crippen LogP contribution in [0.1, 0.15) is 44.8 Å². The first kappa shape index (κ1) is 13.5. The molecule has 18 heavy (non-hydrogen) atoms. The zero-order valence-corrected chi connectivity index (χ0v) is 11.9. The molecule has 0 spiro atoms. The highest BCUT2D eigenvalue weighted by Gasteiger charge is 2.21. The maximum atomic E-state index is 4.67. The highest BCUT2D eigenvalue weighted by atomic mass is 15.3. The zero-order valence-electron chi connectivity index (χ0n) is 11.9. The molecule has 1 fully saturated rings. The summed E-state index contributed by atoms with van der Waals surface area (Å²) in [7, 11) is 2.02. The van der Waals surface area contributed by atoms with Crippen molar-refractivity contribution in [2.24, 2.45) is 18.9 Å². The fourth-order valence-corrected chi connectivity index (χ4v) is 2.80. The predicted molar refractivity (Wildman–Crippen MR) is 73.5 cm³/mol. The molecule has 0 saturated carbocycles. The minimum Gasteiger partial charge on any atom is -0.316 e. The van der Waals surface area contributed by atoms with Crippen molar-refractivity contribution in [3.8, 4) is 0 Å². The van der Waals surface area contributed by atoms with Gasteiger partial charge in [0.1, 0.15) is 5.82 Å². The molecule has 1 saturated heterocycles. The van der Waals surface area contributed by atoms with Gasteiger partial charge >= 0.3 is 0 Å². The zero-order chi connectivity index (χ0) is 13.0. The first-order valence-electron chi connectivity index (χ1n) is 7.30. The molecular weight excluding hydrogens is 224 g/mol. The minimum absolute atomic E-state index is 0.690. The lowest BCUT2D eigenvalue weighted by Gasteiger charge is -2.28. The van der Waals surface area contributed by atoms with Gasteiger partial charge in [0.05, 0.1) is 0 Å². The Bertz CT molecular complexity index is 366. The molecular formula is C14H26N4. The monoisotopic (exact) mass is 250 g/mol. The fraction of sp³-hybridized carbons (Fsp3) is 0.857. The van der Waals surface area contributed by atoms with Gasteiger partial charge in [-0.05, 0) is 44.2 Å². The molecule has 0 aromatic carbocycles. The largest absolute Gasteiger partial charge is 0.316 e. The number of rotatable bonds is 5. The molecule has 102 valence electrons. The fourth-order valence-electron chi connectivity index (χ4n) is 2.80.